The third kappa shape index (κ3) is 6.15. The van der Waals surface area contributed by atoms with E-state index < -0.39 is 17.8 Å². The Hall–Kier alpha value is -4.02. The van der Waals surface area contributed by atoms with Gasteiger partial charge < -0.3 is 25.6 Å². The Kier molecular flexibility index (Phi) is 7.47. The molecule has 2 heterocycles. The maximum atomic E-state index is 13.2. The molecule has 11 heteroatoms. The number of nitrogens with two attached hydrogens (primary N) is 1. The highest BCUT2D eigenvalue weighted by Gasteiger charge is 2.31. The van der Waals surface area contributed by atoms with Crippen molar-refractivity contribution in [3.05, 3.63) is 71.5 Å². The number of ether oxygens (including phenoxy) is 1. The number of hydrogen-bond acceptors (Lipinski definition) is 6. The Morgan fingerprint density at radius 3 is 2.56 bits per heavy atom. The fourth-order valence-electron chi connectivity index (χ4n) is 3.97. The molecule has 190 valence electrons. The molecular weight excluding hydrogens is 473 g/mol. The number of halogens is 3. The van der Waals surface area contributed by atoms with Crippen LogP contribution in [-0.4, -0.2) is 47.1 Å². The number of anilines is 3. The lowest BCUT2D eigenvalue weighted by molar-refractivity contribution is -0.137. The molecule has 3 N–H and O–H groups in total. The third-order valence-electron chi connectivity index (χ3n) is 5.86. The molecule has 1 aromatic heterocycles. The zero-order valence-corrected chi connectivity index (χ0v) is 19.8. The van der Waals surface area contributed by atoms with E-state index in [9.17, 15) is 18.0 Å². The van der Waals surface area contributed by atoms with E-state index in [2.05, 4.69) is 20.2 Å². The fraction of sp³-hybridized carbons (Fsp3) is 0.320. The number of rotatable bonds is 6. The minimum atomic E-state index is -4.48. The van der Waals surface area contributed by atoms with Crippen molar-refractivity contribution in [3.8, 4) is 5.75 Å². The first-order chi connectivity index (χ1) is 17.2. The molecule has 0 aliphatic carbocycles. The van der Waals surface area contributed by atoms with Gasteiger partial charge in [-0.15, -0.1) is 0 Å². The SMILES string of the molecule is CCc1cc(NC(=O)N2CCN(c3ccccc3OCc3ccnc(N)n3)CC2)cc(C(F)(F)F)c1. The fourth-order valence-corrected chi connectivity index (χ4v) is 3.97. The Bertz CT molecular complexity index is 1210. The van der Waals surface area contributed by atoms with E-state index in [1.54, 1.807) is 30.2 Å². The first-order valence-corrected chi connectivity index (χ1v) is 11.5. The van der Waals surface area contributed by atoms with Gasteiger partial charge in [0, 0.05) is 38.1 Å². The second kappa shape index (κ2) is 10.7. The second-order valence-corrected chi connectivity index (χ2v) is 8.34. The van der Waals surface area contributed by atoms with Crippen molar-refractivity contribution in [2.24, 2.45) is 0 Å². The summed E-state index contributed by atoms with van der Waals surface area (Å²) in [6, 6.07) is 12.5. The number of piperazine rings is 1. The molecule has 36 heavy (non-hydrogen) atoms. The second-order valence-electron chi connectivity index (χ2n) is 8.34. The van der Waals surface area contributed by atoms with Crippen LogP contribution in [0.2, 0.25) is 0 Å². The van der Waals surface area contributed by atoms with Gasteiger partial charge in [0.25, 0.3) is 0 Å². The molecule has 4 rings (SSSR count). The van der Waals surface area contributed by atoms with Crippen molar-refractivity contribution in [2.45, 2.75) is 26.1 Å². The van der Waals surface area contributed by atoms with Gasteiger partial charge >= 0.3 is 12.2 Å². The maximum absolute atomic E-state index is 13.2. The quantitative estimate of drug-likeness (QED) is 0.515. The van der Waals surface area contributed by atoms with Crippen molar-refractivity contribution in [3.63, 3.8) is 0 Å². The van der Waals surface area contributed by atoms with Gasteiger partial charge in [0.05, 0.1) is 16.9 Å². The van der Waals surface area contributed by atoms with Gasteiger partial charge in [0.2, 0.25) is 5.95 Å². The smallest absolute Gasteiger partial charge is 0.416 e. The Morgan fingerprint density at radius 2 is 1.86 bits per heavy atom. The number of urea groups is 1. The number of para-hydroxylation sites is 2. The van der Waals surface area contributed by atoms with Crippen LogP contribution >= 0.6 is 0 Å². The van der Waals surface area contributed by atoms with Crippen LogP contribution in [0.25, 0.3) is 0 Å². The first-order valence-electron chi connectivity index (χ1n) is 11.5. The number of benzene rings is 2. The normalized spacial score (nSPS) is 14.0. The average Bonchev–Trinajstić information content (AvgIpc) is 2.87. The molecule has 1 saturated heterocycles. The number of aryl methyl sites for hydroxylation is 1. The van der Waals surface area contributed by atoms with Crippen LogP contribution in [0.1, 0.15) is 23.7 Å². The highest BCUT2D eigenvalue weighted by atomic mass is 19.4. The van der Waals surface area contributed by atoms with E-state index in [1.165, 1.54) is 0 Å². The van der Waals surface area contributed by atoms with Gasteiger partial charge in [-0.05, 0) is 48.4 Å². The molecule has 3 aromatic rings. The molecule has 8 nitrogen and oxygen atoms in total. The number of amides is 2. The topological polar surface area (TPSA) is 96.6 Å². The summed E-state index contributed by atoms with van der Waals surface area (Å²) in [7, 11) is 0. The van der Waals surface area contributed by atoms with Gasteiger partial charge in [-0.2, -0.15) is 13.2 Å². The van der Waals surface area contributed by atoms with E-state index in [-0.39, 0.29) is 18.2 Å². The molecule has 0 bridgehead atoms. The van der Waals surface area contributed by atoms with Crippen LogP contribution in [-0.2, 0) is 19.2 Å². The van der Waals surface area contributed by atoms with Gasteiger partial charge in [-0.25, -0.2) is 14.8 Å². The van der Waals surface area contributed by atoms with E-state index in [4.69, 9.17) is 10.5 Å². The summed E-state index contributed by atoms with van der Waals surface area (Å²) in [6.45, 7) is 3.88. The Balaban J connectivity index is 1.38. The van der Waals surface area contributed by atoms with E-state index in [0.717, 1.165) is 17.8 Å². The summed E-state index contributed by atoms with van der Waals surface area (Å²) in [5, 5.41) is 2.63. The molecule has 0 saturated carbocycles. The number of nitrogen functional groups attached to an aromatic ring is 1. The van der Waals surface area contributed by atoms with Crippen molar-refractivity contribution in [1.82, 2.24) is 14.9 Å². The lowest BCUT2D eigenvalue weighted by Gasteiger charge is -2.36. The molecule has 0 spiro atoms. The molecule has 1 aliphatic rings. The Morgan fingerprint density at radius 1 is 1.11 bits per heavy atom. The summed E-state index contributed by atoms with van der Waals surface area (Å²) >= 11 is 0. The zero-order chi connectivity index (χ0) is 25.7. The van der Waals surface area contributed by atoms with Gasteiger partial charge in [0.1, 0.15) is 12.4 Å². The number of aromatic nitrogens is 2. The number of carbonyl (C=O) groups is 1. The predicted octanol–water partition coefficient (Wildman–Crippen LogP) is 4.57. The van der Waals surface area contributed by atoms with Crippen LogP contribution < -0.4 is 20.7 Å². The first kappa shape index (κ1) is 25.1. The summed E-state index contributed by atoms with van der Waals surface area (Å²) in [5.74, 6) is 0.846. The summed E-state index contributed by atoms with van der Waals surface area (Å²) in [6.07, 6.45) is -2.48. The minimum Gasteiger partial charge on any atom is -0.485 e. The summed E-state index contributed by atoms with van der Waals surface area (Å²) in [5.41, 5.74) is 7.03. The van der Waals surface area contributed by atoms with Gasteiger partial charge in [-0.1, -0.05) is 19.1 Å². The molecular formula is C25H27F3N6O2. The molecule has 2 amide bonds. The van der Waals surface area contributed by atoms with Crippen molar-refractivity contribution >= 4 is 23.4 Å². The molecule has 0 radical (unpaired) electrons. The highest BCUT2D eigenvalue weighted by molar-refractivity contribution is 5.89. The monoisotopic (exact) mass is 500 g/mol. The van der Waals surface area contributed by atoms with Crippen molar-refractivity contribution in [2.75, 3.05) is 42.1 Å². The van der Waals surface area contributed by atoms with E-state index in [0.29, 0.717) is 49.6 Å². The van der Waals surface area contributed by atoms with Crippen LogP contribution in [0.3, 0.4) is 0 Å². The maximum Gasteiger partial charge on any atom is 0.416 e. The standard InChI is InChI=1S/C25H27F3N6O2/c1-2-17-13-18(25(26,27)28)15-20(14-17)32-24(35)34-11-9-33(10-12-34)21-5-3-4-6-22(21)36-16-19-7-8-30-23(29)31-19/h3-8,13-15H,2,9-12,16H2,1H3,(H,32,35)(H2,29,30,31). The Labute approximate surface area is 206 Å². The summed E-state index contributed by atoms with van der Waals surface area (Å²) in [4.78, 5) is 24.5. The van der Waals surface area contributed by atoms with E-state index in [1.807, 2.05) is 24.3 Å². The largest absolute Gasteiger partial charge is 0.485 e. The van der Waals surface area contributed by atoms with Crippen LogP contribution in [0.5, 0.6) is 5.75 Å². The summed E-state index contributed by atoms with van der Waals surface area (Å²) < 4.78 is 45.7. The molecule has 0 unspecified atom stereocenters. The molecule has 1 aliphatic heterocycles. The zero-order valence-electron chi connectivity index (χ0n) is 19.8. The lowest BCUT2D eigenvalue weighted by Crippen LogP contribution is -2.50. The molecule has 1 fully saturated rings. The number of nitrogens with zero attached hydrogens (tertiary/aromatic N) is 4. The van der Waals surface area contributed by atoms with Gasteiger partial charge in [0.15, 0.2) is 0 Å². The number of nitrogens with one attached hydrogen (secondary N) is 1. The number of hydrogen-bond donors (Lipinski definition) is 2. The molecule has 2 aromatic carbocycles. The number of carbonyl (C=O) groups excluding carboxylic acids is 1. The van der Waals surface area contributed by atoms with Crippen molar-refractivity contribution < 1.29 is 22.7 Å². The van der Waals surface area contributed by atoms with Crippen LogP contribution in [0, 0.1) is 0 Å². The van der Waals surface area contributed by atoms with Crippen LogP contribution in [0.4, 0.5) is 35.3 Å². The lowest BCUT2D eigenvalue weighted by atomic mass is 10.1. The van der Waals surface area contributed by atoms with E-state index >= 15 is 0 Å². The van der Waals surface area contributed by atoms with Crippen LogP contribution in [0.15, 0.2) is 54.7 Å². The highest BCUT2D eigenvalue weighted by Crippen LogP contribution is 2.33. The van der Waals surface area contributed by atoms with Crippen molar-refractivity contribution in [1.29, 1.82) is 0 Å². The minimum absolute atomic E-state index is 0.137. The average molecular weight is 501 g/mol. The predicted molar refractivity (Wildman–Crippen MR) is 131 cm³/mol. The van der Waals surface area contributed by atoms with Gasteiger partial charge in [-0.3, -0.25) is 0 Å². The number of alkyl halides is 3. The molecule has 0 atom stereocenters. The third-order valence-corrected chi connectivity index (χ3v) is 5.86.